The lowest BCUT2D eigenvalue weighted by Gasteiger charge is -2.37. The van der Waals surface area contributed by atoms with E-state index in [1.807, 2.05) is 0 Å². The van der Waals surface area contributed by atoms with Gasteiger partial charge in [-0.1, -0.05) is 17.7 Å². The van der Waals surface area contributed by atoms with Crippen LogP contribution >= 0.6 is 11.6 Å². The average molecular weight is 353 g/mol. The van der Waals surface area contributed by atoms with Crippen molar-refractivity contribution in [2.45, 2.75) is 64.2 Å². The lowest BCUT2D eigenvalue weighted by Crippen LogP contribution is -2.25. The van der Waals surface area contributed by atoms with E-state index in [9.17, 15) is 8.78 Å². The number of allylic oxidation sites excluding steroid dienone is 1. The van der Waals surface area contributed by atoms with Gasteiger partial charge in [0.1, 0.15) is 11.6 Å². The summed E-state index contributed by atoms with van der Waals surface area (Å²) in [4.78, 5) is 0. The summed E-state index contributed by atoms with van der Waals surface area (Å²) in [7, 11) is 0. The summed E-state index contributed by atoms with van der Waals surface area (Å²) in [5.74, 6) is 1.80. The Morgan fingerprint density at radius 3 is 1.88 bits per heavy atom. The Kier molecular flexibility index (Phi) is 5.97. The largest absolute Gasteiger partial charge is 0.207 e. The van der Waals surface area contributed by atoms with Crippen LogP contribution < -0.4 is 0 Å². The fourth-order valence-corrected chi connectivity index (χ4v) is 4.94. The van der Waals surface area contributed by atoms with E-state index in [1.165, 1.54) is 45.4 Å². The summed E-state index contributed by atoms with van der Waals surface area (Å²) in [5, 5.41) is 0. The maximum absolute atomic E-state index is 13.8. The molecule has 0 bridgehead atoms. The highest BCUT2D eigenvalue weighted by Crippen LogP contribution is 2.44. The van der Waals surface area contributed by atoms with Gasteiger partial charge in [0.15, 0.2) is 0 Å². The number of benzene rings is 1. The third-order valence-electron chi connectivity index (χ3n) is 6.37. The van der Waals surface area contributed by atoms with Crippen LogP contribution in [0.2, 0.25) is 0 Å². The minimum atomic E-state index is -0.405. The molecule has 0 N–H and O–H groups in total. The van der Waals surface area contributed by atoms with Crippen molar-refractivity contribution in [3.8, 4) is 0 Å². The SMILES string of the molecule is Cc1c(F)cc(C2CCC(C3CCC(/C=C/Cl)CC3)CC2)cc1F. The van der Waals surface area contributed by atoms with Crippen molar-refractivity contribution in [2.24, 2.45) is 17.8 Å². The molecule has 0 radical (unpaired) electrons. The first-order valence-electron chi connectivity index (χ1n) is 9.31. The molecule has 0 atom stereocenters. The normalized spacial score (nSPS) is 31.5. The number of hydrogen-bond donors (Lipinski definition) is 0. The Morgan fingerprint density at radius 2 is 1.38 bits per heavy atom. The van der Waals surface area contributed by atoms with Gasteiger partial charge in [-0.3, -0.25) is 0 Å². The molecule has 0 unspecified atom stereocenters. The summed E-state index contributed by atoms with van der Waals surface area (Å²) in [6, 6.07) is 3.10. The molecule has 3 heteroatoms. The first-order chi connectivity index (χ1) is 11.6. The van der Waals surface area contributed by atoms with Gasteiger partial charge in [-0.2, -0.15) is 0 Å². The van der Waals surface area contributed by atoms with Crippen LogP contribution in [0.5, 0.6) is 0 Å². The van der Waals surface area contributed by atoms with Crippen LogP contribution in [0.4, 0.5) is 8.78 Å². The van der Waals surface area contributed by atoms with Crippen LogP contribution in [0.1, 0.15) is 68.4 Å². The van der Waals surface area contributed by atoms with E-state index in [1.54, 1.807) is 17.7 Å². The van der Waals surface area contributed by atoms with Gasteiger partial charge in [0.25, 0.3) is 0 Å². The van der Waals surface area contributed by atoms with Gasteiger partial charge >= 0.3 is 0 Å². The molecule has 2 saturated carbocycles. The van der Waals surface area contributed by atoms with Gasteiger partial charge in [0, 0.05) is 11.1 Å². The first-order valence-corrected chi connectivity index (χ1v) is 9.74. The molecule has 2 aliphatic carbocycles. The van der Waals surface area contributed by atoms with Gasteiger partial charge < -0.3 is 0 Å². The van der Waals surface area contributed by atoms with Crippen LogP contribution in [-0.4, -0.2) is 0 Å². The summed E-state index contributed by atoms with van der Waals surface area (Å²) < 4.78 is 27.6. The fourth-order valence-electron chi connectivity index (χ4n) is 4.74. The molecule has 0 aliphatic heterocycles. The molecule has 0 amide bonds. The standard InChI is InChI=1S/C21H27ClF2/c1-14-20(23)12-19(13-21(14)24)18-8-6-17(7-9-18)16-4-2-15(3-5-16)10-11-22/h10-13,15-18H,2-9H2,1H3/b11-10+. The quantitative estimate of drug-likeness (QED) is 0.543. The van der Waals surface area contributed by atoms with Gasteiger partial charge in [0.05, 0.1) is 0 Å². The van der Waals surface area contributed by atoms with Crippen molar-refractivity contribution >= 4 is 11.6 Å². The van der Waals surface area contributed by atoms with E-state index < -0.39 is 11.6 Å². The summed E-state index contributed by atoms with van der Waals surface area (Å²) >= 11 is 5.69. The van der Waals surface area contributed by atoms with Crippen LogP contribution in [0, 0.1) is 36.3 Å². The zero-order valence-electron chi connectivity index (χ0n) is 14.4. The Labute approximate surface area is 149 Å². The van der Waals surface area contributed by atoms with Crippen molar-refractivity contribution in [1.29, 1.82) is 0 Å². The van der Waals surface area contributed by atoms with Gasteiger partial charge in [-0.15, -0.1) is 0 Å². The monoisotopic (exact) mass is 352 g/mol. The van der Waals surface area contributed by atoms with E-state index in [2.05, 4.69) is 6.08 Å². The molecule has 0 nitrogen and oxygen atoms in total. The minimum absolute atomic E-state index is 0.134. The van der Waals surface area contributed by atoms with Crippen molar-refractivity contribution in [1.82, 2.24) is 0 Å². The molecule has 1 aromatic carbocycles. The van der Waals surface area contributed by atoms with E-state index >= 15 is 0 Å². The molecule has 132 valence electrons. The molecule has 0 saturated heterocycles. The second-order valence-corrected chi connectivity index (χ2v) is 7.97. The molecule has 0 aromatic heterocycles. The number of rotatable bonds is 3. The molecule has 3 rings (SSSR count). The van der Waals surface area contributed by atoms with Crippen LogP contribution in [0.25, 0.3) is 0 Å². The molecule has 2 fully saturated rings. The highest BCUT2D eigenvalue weighted by atomic mass is 35.5. The third kappa shape index (κ3) is 4.02. The van der Waals surface area contributed by atoms with Crippen molar-refractivity contribution in [2.75, 3.05) is 0 Å². The molecule has 24 heavy (non-hydrogen) atoms. The Balaban J connectivity index is 1.55. The van der Waals surface area contributed by atoms with Crippen molar-refractivity contribution in [3.63, 3.8) is 0 Å². The maximum atomic E-state index is 13.8. The zero-order chi connectivity index (χ0) is 17.1. The van der Waals surface area contributed by atoms with Crippen molar-refractivity contribution in [3.05, 3.63) is 46.5 Å². The van der Waals surface area contributed by atoms with E-state index in [0.29, 0.717) is 11.8 Å². The number of halogens is 3. The minimum Gasteiger partial charge on any atom is -0.207 e. The zero-order valence-corrected chi connectivity index (χ0v) is 15.2. The van der Waals surface area contributed by atoms with Crippen LogP contribution in [0.3, 0.4) is 0 Å². The second-order valence-electron chi connectivity index (χ2n) is 7.71. The number of hydrogen-bond acceptors (Lipinski definition) is 0. The molecule has 1 aromatic rings. The Hall–Kier alpha value is -0.890. The molecule has 0 heterocycles. The highest BCUT2D eigenvalue weighted by Gasteiger charge is 2.31. The van der Waals surface area contributed by atoms with E-state index in [4.69, 9.17) is 11.6 Å². The summed E-state index contributed by atoms with van der Waals surface area (Å²) in [6.45, 7) is 1.50. The molecule has 2 aliphatic rings. The van der Waals surface area contributed by atoms with E-state index in [-0.39, 0.29) is 5.56 Å². The van der Waals surface area contributed by atoms with E-state index in [0.717, 1.165) is 30.2 Å². The van der Waals surface area contributed by atoms with Gasteiger partial charge in [-0.05, 0) is 99.7 Å². The Bertz CT molecular complexity index is 556. The highest BCUT2D eigenvalue weighted by molar-refractivity contribution is 6.25. The predicted octanol–water partition coefficient (Wildman–Crippen LogP) is 7.11. The van der Waals surface area contributed by atoms with Crippen molar-refractivity contribution < 1.29 is 8.78 Å². The summed E-state index contributed by atoms with van der Waals surface area (Å²) in [6.07, 6.45) is 11.8. The average Bonchev–Trinajstić information content (AvgIpc) is 2.60. The Morgan fingerprint density at radius 1 is 0.875 bits per heavy atom. The molecule has 0 spiro atoms. The third-order valence-corrected chi connectivity index (χ3v) is 6.52. The maximum Gasteiger partial charge on any atom is 0.129 e. The summed E-state index contributed by atoms with van der Waals surface area (Å²) in [5.41, 5.74) is 2.65. The lowest BCUT2D eigenvalue weighted by atomic mass is 9.68. The molecular weight excluding hydrogens is 326 g/mol. The lowest BCUT2D eigenvalue weighted by molar-refractivity contribution is 0.171. The topological polar surface area (TPSA) is 0 Å². The van der Waals surface area contributed by atoms with Crippen LogP contribution in [-0.2, 0) is 0 Å². The first kappa shape index (κ1) is 17.9. The fraction of sp³-hybridized carbons (Fsp3) is 0.619. The van der Waals surface area contributed by atoms with Gasteiger partial charge in [-0.25, -0.2) is 8.78 Å². The second kappa shape index (κ2) is 7.99. The van der Waals surface area contributed by atoms with Crippen LogP contribution in [0.15, 0.2) is 23.7 Å². The molecular formula is C21H27ClF2. The smallest absolute Gasteiger partial charge is 0.129 e. The predicted molar refractivity (Wildman–Crippen MR) is 96.2 cm³/mol. The van der Waals surface area contributed by atoms with Gasteiger partial charge in [0.2, 0.25) is 0 Å².